The topological polar surface area (TPSA) is 50.7 Å². The number of thioether (sulfide) groups is 1. The van der Waals surface area contributed by atoms with Crippen molar-refractivity contribution in [3.05, 3.63) is 24.3 Å². The molecule has 2 aromatic rings. The van der Waals surface area contributed by atoms with Crippen LogP contribution in [0, 0.1) is 5.92 Å². The zero-order chi connectivity index (χ0) is 12.1. The van der Waals surface area contributed by atoms with Crippen molar-refractivity contribution >= 4 is 28.7 Å². The molecule has 0 aliphatic rings. The number of nitrogens with one attached hydrogen (secondary N) is 1. The standard InChI is InChI=1S/C12H16N4S/c1-9(8-17-2)7-13-12-14-10-5-3-4-6-11(10)15-16-12/h3-6,9H,7-8H2,1-2H3,(H,13,14,16). The number of aromatic nitrogens is 3. The molecule has 0 saturated carbocycles. The number of nitrogens with zero attached hydrogens (tertiary/aromatic N) is 3. The molecule has 0 fully saturated rings. The summed E-state index contributed by atoms with van der Waals surface area (Å²) in [6.07, 6.45) is 2.12. The molecule has 0 aliphatic heterocycles. The number of benzene rings is 1. The Morgan fingerprint density at radius 1 is 1.24 bits per heavy atom. The molecule has 0 bridgehead atoms. The maximum Gasteiger partial charge on any atom is 0.243 e. The Labute approximate surface area is 105 Å². The predicted molar refractivity (Wildman–Crippen MR) is 73.4 cm³/mol. The Hall–Kier alpha value is -1.36. The first-order chi connectivity index (χ1) is 8.29. The molecule has 1 unspecified atom stereocenters. The Morgan fingerprint density at radius 3 is 2.76 bits per heavy atom. The van der Waals surface area contributed by atoms with Crippen LogP contribution < -0.4 is 5.32 Å². The molecule has 2 rings (SSSR count). The lowest BCUT2D eigenvalue weighted by molar-refractivity contribution is 0.695. The largest absolute Gasteiger partial charge is 0.353 e. The molecule has 0 amide bonds. The summed E-state index contributed by atoms with van der Waals surface area (Å²) >= 11 is 1.85. The van der Waals surface area contributed by atoms with Crippen molar-refractivity contribution < 1.29 is 0 Å². The summed E-state index contributed by atoms with van der Waals surface area (Å²) in [7, 11) is 0. The summed E-state index contributed by atoms with van der Waals surface area (Å²) in [6.45, 7) is 3.08. The van der Waals surface area contributed by atoms with Crippen molar-refractivity contribution in [1.29, 1.82) is 0 Å². The van der Waals surface area contributed by atoms with E-state index in [1.54, 1.807) is 0 Å². The molecule has 0 radical (unpaired) electrons. The van der Waals surface area contributed by atoms with E-state index in [1.807, 2.05) is 36.0 Å². The highest BCUT2D eigenvalue weighted by molar-refractivity contribution is 7.98. The molecule has 1 N–H and O–H groups in total. The Balaban J connectivity index is 2.04. The minimum Gasteiger partial charge on any atom is -0.353 e. The second kappa shape index (κ2) is 5.82. The quantitative estimate of drug-likeness (QED) is 0.880. The Morgan fingerprint density at radius 2 is 2.00 bits per heavy atom. The first kappa shape index (κ1) is 12.1. The zero-order valence-electron chi connectivity index (χ0n) is 10.1. The van der Waals surface area contributed by atoms with Gasteiger partial charge in [-0.05, 0) is 30.1 Å². The van der Waals surface area contributed by atoms with Crippen LogP contribution >= 0.6 is 11.8 Å². The van der Waals surface area contributed by atoms with Gasteiger partial charge in [0.25, 0.3) is 0 Å². The van der Waals surface area contributed by atoms with Crippen molar-refractivity contribution in [2.24, 2.45) is 5.92 Å². The van der Waals surface area contributed by atoms with Gasteiger partial charge in [0.2, 0.25) is 5.95 Å². The molecule has 4 nitrogen and oxygen atoms in total. The highest BCUT2D eigenvalue weighted by atomic mass is 32.2. The summed E-state index contributed by atoms with van der Waals surface area (Å²) in [5.74, 6) is 2.34. The summed E-state index contributed by atoms with van der Waals surface area (Å²) in [5.41, 5.74) is 1.71. The third kappa shape index (κ3) is 3.30. The van der Waals surface area contributed by atoms with Gasteiger partial charge in [-0.2, -0.15) is 11.8 Å². The van der Waals surface area contributed by atoms with Gasteiger partial charge in [-0.1, -0.05) is 19.1 Å². The highest BCUT2D eigenvalue weighted by Crippen LogP contribution is 2.10. The summed E-state index contributed by atoms with van der Waals surface area (Å²) in [5, 5.41) is 11.4. The average Bonchev–Trinajstić information content (AvgIpc) is 2.36. The van der Waals surface area contributed by atoms with Crippen LogP contribution in [0.25, 0.3) is 11.0 Å². The fourth-order valence-electron chi connectivity index (χ4n) is 1.56. The third-order valence-corrected chi connectivity index (χ3v) is 3.32. The number of anilines is 1. The van der Waals surface area contributed by atoms with Gasteiger partial charge in [-0.3, -0.25) is 0 Å². The van der Waals surface area contributed by atoms with Crippen molar-refractivity contribution in [2.45, 2.75) is 6.92 Å². The number of hydrogen-bond acceptors (Lipinski definition) is 5. The molecular weight excluding hydrogens is 232 g/mol. The molecule has 0 spiro atoms. The van der Waals surface area contributed by atoms with Gasteiger partial charge in [0.15, 0.2) is 0 Å². The maximum atomic E-state index is 4.42. The van der Waals surface area contributed by atoms with Gasteiger partial charge in [-0.25, -0.2) is 4.98 Å². The summed E-state index contributed by atoms with van der Waals surface area (Å²) in [6, 6.07) is 7.75. The van der Waals surface area contributed by atoms with Crippen LogP contribution in [0.2, 0.25) is 0 Å². The minimum atomic E-state index is 0.597. The number of fused-ring (bicyclic) bond motifs is 1. The fraction of sp³-hybridized carbons (Fsp3) is 0.417. The lowest BCUT2D eigenvalue weighted by Crippen LogP contribution is -2.15. The zero-order valence-corrected chi connectivity index (χ0v) is 10.9. The van der Waals surface area contributed by atoms with Crippen LogP contribution in [0.3, 0.4) is 0 Å². The van der Waals surface area contributed by atoms with E-state index >= 15 is 0 Å². The first-order valence-electron chi connectivity index (χ1n) is 5.62. The van der Waals surface area contributed by atoms with Crippen LogP contribution in [0.15, 0.2) is 24.3 Å². The smallest absolute Gasteiger partial charge is 0.243 e. The molecule has 5 heteroatoms. The van der Waals surface area contributed by atoms with Crippen LogP contribution in [0.5, 0.6) is 0 Å². The van der Waals surface area contributed by atoms with Crippen LogP contribution in [0.1, 0.15) is 6.92 Å². The van der Waals surface area contributed by atoms with E-state index in [4.69, 9.17) is 0 Å². The van der Waals surface area contributed by atoms with E-state index < -0.39 is 0 Å². The van der Waals surface area contributed by atoms with Gasteiger partial charge in [0.1, 0.15) is 5.52 Å². The second-order valence-electron chi connectivity index (χ2n) is 4.07. The van der Waals surface area contributed by atoms with Crippen LogP contribution in [-0.4, -0.2) is 33.7 Å². The van der Waals surface area contributed by atoms with Crippen molar-refractivity contribution in [3.63, 3.8) is 0 Å². The normalized spacial score (nSPS) is 12.6. The molecule has 90 valence electrons. The Kier molecular flexibility index (Phi) is 4.14. The van der Waals surface area contributed by atoms with Gasteiger partial charge in [-0.15, -0.1) is 10.2 Å². The fourth-order valence-corrected chi connectivity index (χ4v) is 2.25. The molecule has 1 aromatic carbocycles. The summed E-state index contributed by atoms with van der Waals surface area (Å²) < 4.78 is 0. The molecule has 1 heterocycles. The predicted octanol–water partition coefficient (Wildman–Crippen LogP) is 2.44. The lowest BCUT2D eigenvalue weighted by Gasteiger charge is -2.10. The molecule has 17 heavy (non-hydrogen) atoms. The molecular formula is C12H16N4S. The SMILES string of the molecule is CSCC(C)CNc1nnc2ccccc2n1. The van der Waals surface area contributed by atoms with Crippen molar-refractivity contribution in [3.8, 4) is 0 Å². The van der Waals surface area contributed by atoms with E-state index in [9.17, 15) is 0 Å². The van der Waals surface area contributed by atoms with Gasteiger partial charge in [0.05, 0.1) is 5.52 Å². The maximum absolute atomic E-state index is 4.42. The van der Waals surface area contributed by atoms with Gasteiger partial charge in [0, 0.05) is 6.54 Å². The highest BCUT2D eigenvalue weighted by Gasteiger charge is 2.03. The van der Waals surface area contributed by atoms with E-state index in [0.29, 0.717) is 11.9 Å². The Bertz CT molecular complexity index is 489. The van der Waals surface area contributed by atoms with Crippen molar-refractivity contribution in [1.82, 2.24) is 15.2 Å². The molecule has 1 atom stereocenters. The number of para-hydroxylation sites is 1. The van der Waals surface area contributed by atoms with Gasteiger partial charge < -0.3 is 5.32 Å². The third-order valence-electron chi connectivity index (χ3n) is 2.42. The first-order valence-corrected chi connectivity index (χ1v) is 7.01. The van der Waals surface area contributed by atoms with Gasteiger partial charge >= 0.3 is 0 Å². The summed E-state index contributed by atoms with van der Waals surface area (Å²) in [4.78, 5) is 4.42. The number of rotatable bonds is 5. The minimum absolute atomic E-state index is 0.597. The monoisotopic (exact) mass is 248 g/mol. The molecule has 0 saturated heterocycles. The van der Waals surface area contributed by atoms with E-state index in [2.05, 4.69) is 33.7 Å². The van der Waals surface area contributed by atoms with E-state index in [1.165, 1.54) is 0 Å². The van der Waals surface area contributed by atoms with E-state index in [-0.39, 0.29) is 0 Å². The molecule has 0 aliphatic carbocycles. The lowest BCUT2D eigenvalue weighted by atomic mass is 10.2. The number of hydrogen-bond donors (Lipinski definition) is 1. The molecule has 1 aromatic heterocycles. The van der Waals surface area contributed by atoms with Crippen LogP contribution in [0.4, 0.5) is 5.95 Å². The second-order valence-corrected chi connectivity index (χ2v) is 4.98. The van der Waals surface area contributed by atoms with Crippen LogP contribution in [-0.2, 0) is 0 Å². The van der Waals surface area contributed by atoms with E-state index in [0.717, 1.165) is 23.3 Å². The average molecular weight is 248 g/mol. The van der Waals surface area contributed by atoms with Crippen molar-refractivity contribution in [2.75, 3.05) is 23.9 Å².